The molecule has 0 radical (unpaired) electrons. The quantitative estimate of drug-likeness (QED) is 0.666. The van der Waals surface area contributed by atoms with Gasteiger partial charge in [-0.3, -0.25) is 9.48 Å². The normalized spacial score (nSPS) is 10.6. The van der Waals surface area contributed by atoms with Gasteiger partial charge in [0.2, 0.25) is 0 Å². The molecule has 6 nitrogen and oxygen atoms in total. The van der Waals surface area contributed by atoms with Gasteiger partial charge in [0.25, 0.3) is 5.91 Å². The summed E-state index contributed by atoms with van der Waals surface area (Å²) < 4.78 is 26.0. The number of carbonyl (C=O) groups is 1. The lowest BCUT2D eigenvalue weighted by molar-refractivity contribution is 0.102. The zero-order valence-electron chi connectivity index (χ0n) is 15.6. The summed E-state index contributed by atoms with van der Waals surface area (Å²) in [6, 6.07) is 11.1. The molecule has 1 aromatic heterocycles. The van der Waals surface area contributed by atoms with E-state index < -0.39 is 5.82 Å². The first-order valence-electron chi connectivity index (χ1n) is 8.43. The summed E-state index contributed by atoms with van der Waals surface area (Å²) in [5.74, 6) is 0.512. The molecule has 146 valence electrons. The van der Waals surface area contributed by atoms with E-state index in [1.807, 2.05) is 6.92 Å². The van der Waals surface area contributed by atoms with Gasteiger partial charge in [0.05, 0.1) is 26.3 Å². The van der Waals surface area contributed by atoms with Crippen LogP contribution in [-0.2, 0) is 6.54 Å². The first-order chi connectivity index (χ1) is 13.4. The van der Waals surface area contributed by atoms with Crippen LogP contribution in [-0.4, -0.2) is 29.9 Å². The van der Waals surface area contributed by atoms with Gasteiger partial charge in [-0.1, -0.05) is 17.7 Å². The van der Waals surface area contributed by atoms with Gasteiger partial charge in [0.1, 0.15) is 17.3 Å². The highest BCUT2D eigenvalue weighted by Gasteiger charge is 2.16. The van der Waals surface area contributed by atoms with Gasteiger partial charge in [-0.25, -0.2) is 4.39 Å². The van der Waals surface area contributed by atoms with E-state index in [-0.39, 0.29) is 12.5 Å². The third-order valence-electron chi connectivity index (χ3n) is 4.25. The lowest BCUT2D eigenvalue weighted by Gasteiger charge is -2.10. The number of methoxy groups -OCH3 is 2. The molecule has 8 heteroatoms. The number of nitrogens with one attached hydrogen (secondary N) is 1. The van der Waals surface area contributed by atoms with Crippen molar-refractivity contribution in [1.29, 1.82) is 0 Å². The molecule has 28 heavy (non-hydrogen) atoms. The standard InChI is InChI=1S/C20H19ClFN3O3/c1-12-9-19(24-25(12)11-15-16(21)5-4-6-17(15)22)23-20(26)14-8-7-13(27-2)10-18(14)28-3/h4-10H,11H2,1-3H3,(H,23,24,26). The molecular formula is C20H19ClFN3O3. The molecule has 0 fully saturated rings. The van der Waals surface area contributed by atoms with Crippen LogP contribution in [0.4, 0.5) is 10.2 Å². The fourth-order valence-corrected chi connectivity index (χ4v) is 2.96. The van der Waals surface area contributed by atoms with Crippen LogP contribution in [0.5, 0.6) is 11.5 Å². The van der Waals surface area contributed by atoms with Crippen molar-refractivity contribution in [3.05, 3.63) is 70.1 Å². The molecule has 0 atom stereocenters. The second-order valence-electron chi connectivity index (χ2n) is 6.05. The van der Waals surface area contributed by atoms with Gasteiger partial charge in [0.15, 0.2) is 5.82 Å². The molecule has 0 unspecified atom stereocenters. The minimum atomic E-state index is -0.407. The lowest BCUT2D eigenvalue weighted by Crippen LogP contribution is -2.14. The van der Waals surface area contributed by atoms with Gasteiger partial charge in [-0.05, 0) is 31.2 Å². The first kappa shape index (κ1) is 19.7. The number of ether oxygens (including phenoxy) is 2. The third-order valence-corrected chi connectivity index (χ3v) is 4.60. The Bertz CT molecular complexity index is 1000. The lowest BCUT2D eigenvalue weighted by atomic mass is 10.1. The largest absolute Gasteiger partial charge is 0.497 e. The van der Waals surface area contributed by atoms with E-state index in [4.69, 9.17) is 21.1 Å². The molecule has 0 aliphatic rings. The molecule has 0 saturated heterocycles. The Morgan fingerprint density at radius 2 is 2.00 bits per heavy atom. The van der Waals surface area contributed by atoms with E-state index >= 15 is 0 Å². The van der Waals surface area contributed by atoms with Crippen LogP contribution in [0.2, 0.25) is 5.02 Å². The molecule has 3 rings (SSSR count). The van der Waals surface area contributed by atoms with Crippen LogP contribution in [0.25, 0.3) is 0 Å². The van der Waals surface area contributed by atoms with Crippen molar-refractivity contribution in [2.24, 2.45) is 0 Å². The number of hydrogen-bond donors (Lipinski definition) is 1. The van der Waals surface area contributed by atoms with Crippen molar-refractivity contribution in [1.82, 2.24) is 9.78 Å². The van der Waals surface area contributed by atoms with Crippen molar-refractivity contribution in [3.8, 4) is 11.5 Å². The summed E-state index contributed by atoms with van der Waals surface area (Å²) in [4.78, 5) is 12.6. The number of aryl methyl sites for hydroxylation is 1. The highest BCUT2D eigenvalue weighted by Crippen LogP contribution is 2.26. The maximum absolute atomic E-state index is 14.0. The van der Waals surface area contributed by atoms with Crippen LogP contribution >= 0.6 is 11.6 Å². The second-order valence-corrected chi connectivity index (χ2v) is 6.46. The summed E-state index contributed by atoms with van der Waals surface area (Å²) >= 11 is 6.09. The Labute approximate surface area is 166 Å². The van der Waals surface area contributed by atoms with E-state index in [2.05, 4.69) is 10.4 Å². The summed E-state index contributed by atoms with van der Waals surface area (Å²) in [5.41, 5.74) is 1.43. The van der Waals surface area contributed by atoms with Gasteiger partial charge >= 0.3 is 0 Å². The SMILES string of the molecule is COc1ccc(C(=O)Nc2cc(C)n(Cc3c(F)cccc3Cl)n2)c(OC)c1. The van der Waals surface area contributed by atoms with Crippen molar-refractivity contribution < 1.29 is 18.7 Å². The van der Waals surface area contributed by atoms with Crippen molar-refractivity contribution in [2.75, 3.05) is 19.5 Å². The molecule has 1 heterocycles. The summed E-state index contributed by atoms with van der Waals surface area (Å²) in [6.45, 7) is 1.96. The van der Waals surface area contributed by atoms with E-state index in [9.17, 15) is 9.18 Å². The topological polar surface area (TPSA) is 65.4 Å². The summed E-state index contributed by atoms with van der Waals surface area (Å²) in [5, 5.41) is 7.39. The average Bonchev–Trinajstić information content (AvgIpc) is 3.02. The number of hydrogen-bond acceptors (Lipinski definition) is 4. The Kier molecular flexibility index (Phi) is 5.84. The monoisotopic (exact) mass is 403 g/mol. The van der Waals surface area contributed by atoms with Gasteiger partial charge in [0, 0.05) is 28.4 Å². The van der Waals surface area contributed by atoms with Crippen molar-refractivity contribution in [3.63, 3.8) is 0 Å². The number of nitrogens with zero attached hydrogens (tertiary/aromatic N) is 2. The number of rotatable bonds is 6. The van der Waals surface area contributed by atoms with E-state index in [0.717, 1.165) is 5.69 Å². The highest BCUT2D eigenvalue weighted by molar-refractivity contribution is 6.31. The zero-order valence-corrected chi connectivity index (χ0v) is 16.4. The third kappa shape index (κ3) is 4.09. The second kappa shape index (κ2) is 8.31. The Hall–Kier alpha value is -3.06. The number of aromatic nitrogens is 2. The van der Waals surface area contributed by atoms with Gasteiger partial charge < -0.3 is 14.8 Å². The smallest absolute Gasteiger partial charge is 0.260 e. The van der Waals surface area contributed by atoms with Crippen LogP contribution in [0.1, 0.15) is 21.6 Å². The fraction of sp³-hybridized carbons (Fsp3) is 0.200. The summed E-state index contributed by atoms with van der Waals surface area (Å²) in [7, 11) is 3.01. The maximum atomic E-state index is 14.0. The maximum Gasteiger partial charge on any atom is 0.260 e. The van der Waals surface area contributed by atoms with Crippen LogP contribution < -0.4 is 14.8 Å². The minimum Gasteiger partial charge on any atom is -0.497 e. The van der Waals surface area contributed by atoms with Crippen LogP contribution in [0.15, 0.2) is 42.5 Å². The van der Waals surface area contributed by atoms with Crippen molar-refractivity contribution >= 4 is 23.3 Å². The average molecular weight is 404 g/mol. The Morgan fingerprint density at radius 3 is 2.68 bits per heavy atom. The fourth-order valence-electron chi connectivity index (χ4n) is 2.73. The molecule has 1 N–H and O–H groups in total. The molecule has 3 aromatic rings. The molecule has 1 amide bonds. The number of amides is 1. The summed E-state index contributed by atoms with van der Waals surface area (Å²) in [6.07, 6.45) is 0. The van der Waals surface area contributed by atoms with E-state index in [0.29, 0.717) is 33.5 Å². The van der Waals surface area contributed by atoms with E-state index in [1.54, 1.807) is 41.1 Å². The Morgan fingerprint density at radius 1 is 1.21 bits per heavy atom. The molecule has 0 aliphatic carbocycles. The van der Waals surface area contributed by atoms with Crippen LogP contribution in [0.3, 0.4) is 0 Å². The Balaban J connectivity index is 1.81. The first-order valence-corrected chi connectivity index (χ1v) is 8.81. The molecule has 0 aliphatic heterocycles. The van der Waals surface area contributed by atoms with E-state index in [1.165, 1.54) is 20.3 Å². The molecule has 0 spiro atoms. The van der Waals surface area contributed by atoms with Gasteiger partial charge in [-0.15, -0.1) is 0 Å². The number of halogens is 2. The van der Waals surface area contributed by atoms with Crippen LogP contribution in [0, 0.1) is 12.7 Å². The molecule has 2 aromatic carbocycles. The predicted octanol–water partition coefficient (Wildman–Crippen LogP) is 4.30. The highest BCUT2D eigenvalue weighted by atomic mass is 35.5. The molecule has 0 saturated carbocycles. The number of benzene rings is 2. The van der Waals surface area contributed by atoms with Crippen molar-refractivity contribution in [2.45, 2.75) is 13.5 Å². The zero-order chi connectivity index (χ0) is 20.3. The number of carbonyl (C=O) groups excluding carboxylic acids is 1. The predicted molar refractivity (Wildman–Crippen MR) is 105 cm³/mol. The van der Waals surface area contributed by atoms with Gasteiger partial charge in [-0.2, -0.15) is 5.10 Å². The molecular weight excluding hydrogens is 385 g/mol. The number of anilines is 1. The molecule has 0 bridgehead atoms. The minimum absolute atomic E-state index is 0.152.